The Hall–Kier alpha value is -1.53. The largest absolute Gasteiger partial charge is 0.350 e. The van der Waals surface area contributed by atoms with E-state index in [2.05, 4.69) is 5.32 Å². The fourth-order valence-electron chi connectivity index (χ4n) is 6.53. The lowest BCUT2D eigenvalue weighted by Crippen LogP contribution is -2.60. The Balaban J connectivity index is 1.39. The van der Waals surface area contributed by atoms with E-state index in [0.29, 0.717) is 21.1 Å². The Morgan fingerprint density at radius 3 is 2.35 bits per heavy atom. The Bertz CT molecular complexity index is 1060. The summed E-state index contributed by atoms with van der Waals surface area (Å²) in [7, 11) is 0. The average molecular weight is 460 g/mol. The monoisotopic (exact) mass is 459 g/mol. The van der Waals surface area contributed by atoms with E-state index in [9.17, 15) is 9.59 Å². The highest BCUT2D eigenvalue weighted by molar-refractivity contribution is 8.00. The molecule has 0 radical (unpaired) electrons. The minimum Gasteiger partial charge on any atom is -0.350 e. The van der Waals surface area contributed by atoms with Crippen LogP contribution in [0.15, 0.2) is 28.2 Å². The molecule has 2 aromatic rings. The summed E-state index contributed by atoms with van der Waals surface area (Å²) in [4.78, 5) is 31.1. The quantitative estimate of drug-likeness (QED) is 0.493. The zero-order valence-corrected chi connectivity index (χ0v) is 19.9. The molecule has 4 saturated carbocycles. The van der Waals surface area contributed by atoms with Crippen molar-refractivity contribution in [1.82, 2.24) is 14.9 Å². The standard InChI is InChI=1S/C24H30ClN3O2S/c1-13(2)28-22(30)19-5-4-18(25)9-20(19)26-23(28)31-14(3)21(29)27-24-10-15-6-16(11-24)8-17(7-15)12-24/h4-5,9,13-17H,6-8,10-12H2,1-3H3,(H,27,29)/t14-,15?,16?,17?,24?/m1/s1. The average Bonchev–Trinajstić information content (AvgIpc) is 2.65. The maximum absolute atomic E-state index is 13.2. The molecule has 0 aliphatic heterocycles. The van der Waals surface area contributed by atoms with E-state index in [0.717, 1.165) is 37.0 Å². The molecular formula is C24H30ClN3O2S. The van der Waals surface area contributed by atoms with Gasteiger partial charge in [-0.3, -0.25) is 14.2 Å². The Morgan fingerprint density at radius 2 is 1.77 bits per heavy atom. The molecule has 6 rings (SSSR count). The predicted octanol–water partition coefficient (Wildman–Crippen LogP) is 5.20. The summed E-state index contributed by atoms with van der Waals surface area (Å²) in [6, 6.07) is 5.10. The van der Waals surface area contributed by atoms with Crippen LogP contribution in [0, 0.1) is 17.8 Å². The summed E-state index contributed by atoms with van der Waals surface area (Å²) in [5, 5.41) is 4.79. The number of carbonyl (C=O) groups is 1. The molecule has 7 heteroatoms. The van der Waals surface area contributed by atoms with Gasteiger partial charge in [-0.2, -0.15) is 0 Å². The van der Waals surface area contributed by atoms with Crippen LogP contribution in [0.5, 0.6) is 0 Å². The van der Waals surface area contributed by atoms with Crippen molar-refractivity contribution in [2.75, 3.05) is 0 Å². The van der Waals surface area contributed by atoms with Gasteiger partial charge in [-0.05, 0) is 95.2 Å². The lowest BCUT2D eigenvalue weighted by molar-refractivity contribution is -0.126. The van der Waals surface area contributed by atoms with Gasteiger partial charge in [0.25, 0.3) is 5.56 Å². The van der Waals surface area contributed by atoms with E-state index in [1.165, 1.54) is 31.0 Å². The number of fused-ring (bicyclic) bond motifs is 1. The lowest BCUT2D eigenvalue weighted by atomic mass is 9.53. The maximum Gasteiger partial charge on any atom is 0.262 e. The SMILES string of the molecule is CC(C)n1c(S[C@H](C)C(=O)NC23CC4CC(CC(C4)C2)C3)nc2cc(Cl)ccc2c1=O. The van der Waals surface area contributed by atoms with Crippen LogP contribution in [0.4, 0.5) is 0 Å². The number of nitrogens with one attached hydrogen (secondary N) is 1. The summed E-state index contributed by atoms with van der Waals surface area (Å²) in [6.07, 6.45) is 7.44. The van der Waals surface area contributed by atoms with Crippen molar-refractivity contribution in [1.29, 1.82) is 0 Å². The Labute approximate surface area is 192 Å². The topological polar surface area (TPSA) is 64.0 Å². The third-order valence-electron chi connectivity index (χ3n) is 7.43. The number of thioether (sulfide) groups is 1. The zero-order valence-electron chi connectivity index (χ0n) is 18.4. The smallest absolute Gasteiger partial charge is 0.262 e. The second-order valence-corrected chi connectivity index (χ2v) is 12.0. The third kappa shape index (κ3) is 3.91. The minimum absolute atomic E-state index is 0.0112. The van der Waals surface area contributed by atoms with Crippen LogP contribution in [-0.2, 0) is 4.79 Å². The van der Waals surface area contributed by atoms with Gasteiger partial charge in [0, 0.05) is 16.6 Å². The van der Waals surface area contributed by atoms with Gasteiger partial charge < -0.3 is 5.32 Å². The van der Waals surface area contributed by atoms with E-state index in [1.54, 1.807) is 22.8 Å². The second kappa shape index (κ2) is 7.80. The maximum atomic E-state index is 13.2. The van der Waals surface area contributed by atoms with Crippen molar-refractivity contribution in [3.8, 4) is 0 Å². The summed E-state index contributed by atoms with van der Waals surface area (Å²) in [5.41, 5.74) is 0.473. The van der Waals surface area contributed by atoms with Gasteiger partial charge in [-0.25, -0.2) is 4.98 Å². The molecule has 4 bridgehead atoms. The summed E-state index contributed by atoms with van der Waals surface area (Å²) < 4.78 is 1.69. The van der Waals surface area contributed by atoms with Crippen molar-refractivity contribution >= 4 is 40.2 Å². The molecule has 4 aliphatic rings. The lowest BCUT2D eigenvalue weighted by Gasteiger charge is -2.57. The van der Waals surface area contributed by atoms with Crippen molar-refractivity contribution in [3.63, 3.8) is 0 Å². The molecule has 1 aromatic heterocycles. The number of nitrogens with zero attached hydrogens (tertiary/aromatic N) is 2. The molecule has 0 unspecified atom stereocenters. The molecular weight excluding hydrogens is 430 g/mol. The second-order valence-electron chi connectivity index (χ2n) is 10.3. The van der Waals surface area contributed by atoms with Gasteiger partial charge in [0.05, 0.1) is 16.2 Å². The van der Waals surface area contributed by atoms with Crippen molar-refractivity contribution in [2.24, 2.45) is 17.8 Å². The molecule has 5 nitrogen and oxygen atoms in total. The number of aromatic nitrogens is 2. The molecule has 166 valence electrons. The van der Waals surface area contributed by atoms with Gasteiger partial charge in [-0.1, -0.05) is 23.4 Å². The molecule has 4 aliphatic carbocycles. The van der Waals surface area contributed by atoms with Crippen LogP contribution in [0.2, 0.25) is 5.02 Å². The van der Waals surface area contributed by atoms with Crippen LogP contribution in [0.25, 0.3) is 10.9 Å². The molecule has 1 atom stereocenters. The number of halogens is 1. The molecule has 0 spiro atoms. The molecule has 1 N–H and O–H groups in total. The molecule has 4 fully saturated rings. The molecule has 1 aromatic carbocycles. The van der Waals surface area contributed by atoms with E-state index in [-0.39, 0.29) is 28.3 Å². The zero-order chi connectivity index (χ0) is 21.9. The van der Waals surface area contributed by atoms with Gasteiger partial charge in [-0.15, -0.1) is 0 Å². The third-order valence-corrected chi connectivity index (χ3v) is 8.73. The molecule has 31 heavy (non-hydrogen) atoms. The fraction of sp³-hybridized carbons (Fsp3) is 0.625. The normalized spacial score (nSPS) is 30.2. The number of amides is 1. The number of rotatable bonds is 5. The van der Waals surface area contributed by atoms with Gasteiger partial charge >= 0.3 is 0 Å². The highest BCUT2D eigenvalue weighted by atomic mass is 35.5. The van der Waals surface area contributed by atoms with Crippen molar-refractivity contribution < 1.29 is 4.79 Å². The minimum atomic E-state index is -0.332. The Kier molecular flexibility index (Phi) is 5.37. The highest BCUT2D eigenvalue weighted by Gasteiger charge is 2.51. The van der Waals surface area contributed by atoms with E-state index in [1.807, 2.05) is 20.8 Å². The first-order valence-electron chi connectivity index (χ1n) is 11.4. The summed E-state index contributed by atoms with van der Waals surface area (Å²) in [6.45, 7) is 5.85. The number of hydrogen-bond acceptors (Lipinski definition) is 4. The van der Waals surface area contributed by atoms with E-state index < -0.39 is 0 Å². The fourth-order valence-corrected chi connectivity index (χ4v) is 7.74. The first kappa shape index (κ1) is 21.3. The number of hydrogen-bond donors (Lipinski definition) is 1. The molecule has 0 saturated heterocycles. The van der Waals surface area contributed by atoms with Crippen molar-refractivity contribution in [2.45, 2.75) is 81.3 Å². The van der Waals surface area contributed by atoms with Crippen LogP contribution >= 0.6 is 23.4 Å². The number of carbonyl (C=O) groups excluding carboxylic acids is 1. The van der Waals surface area contributed by atoms with Gasteiger partial charge in [0.15, 0.2) is 5.16 Å². The van der Waals surface area contributed by atoms with Gasteiger partial charge in [0.2, 0.25) is 5.91 Å². The van der Waals surface area contributed by atoms with Crippen LogP contribution in [0.3, 0.4) is 0 Å². The van der Waals surface area contributed by atoms with Crippen LogP contribution in [0.1, 0.15) is 65.3 Å². The van der Waals surface area contributed by atoms with Gasteiger partial charge in [0.1, 0.15) is 0 Å². The predicted molar refractivity (Wildman–Crippen MR) is 126 cm³/mol. The highest BCUT2D eigenvalue weighted by Crippen LogP contribution is 2.55. The first-order valence-corrected chi connectivity index (χ1v) is 12.7. The molecule has 1 amide bonds. The Morgan fingerprint density at radius 1 is 1.16 bits per heavy atom. The molecule has 1 heterocycles. The van der Waals surface area contributed by atoms with Crippen LogP contribution in [-0.4, -0.2) is 26.2 Å². The van der Waals surface area contributed by atoms with Crippen molar-refractivity contribution in [3.05, 3.63) is 33.6 Å². The first-order chi connectivity index (χ1) is 14.7. The van der Waals surface area contributed by atoms with Crippen LogP contribution < -0.4 is 10.9 Å². The number of benzene rings is 1. The summed E-state index contributed by atoms with van der Waals surface area (Å²) in [5.74, 6) is 2.41. The van der Waals surface area contributed by atoms with E-state index >= 15 is 0 Å². The summed E-state index contributed by atoms with van der Waals surface area (Å²) >= 11 is 7.50. The van der Waals surface area contributed by atoms with E-state index in [4.69, 9.17) is 16.6 Å².